The molecule has 1 aliphatic heterocycles. The smallest absolute Gasteiger partial charge is 0.379 e. The lowest BCUT2D eigenvalue weighted by Gasteiger charge is -2.29. The molecule has 0 aliphatic carbocycles. The third-order valence-corrected chi connectivity index (χ3v) is 3.24. The van der Waals surface area contributed by atoms with Crippen LogP contribution in [0.4, 0.5) is 0 Å². The molecule has 0 spiro atoms. The van der Waals surface area contributed by atoms with Crippen LogP contribution in [0, 0.1) is 0 Å². The molecule has 128 valence electrons. The highest BCUT2D eigenvalue weighted by Gasteiger charge is 2.38. The highest BCUT2D eigenvalue weighted by molar-refractivity contribution is 6.18. The van der Waals surface area contributed by atoms with Gasteiger partial charge in [0.05, 0.1) is 6.26 Å². The van der Waals surface area contributed by atoms with E-state index in [4.69, 9.17) is 18.6 Å². The molecule has 0 saturated carbocycles. The van der Waals surface area contributed by atoms with Crippen molar-refractivity contribution >= 4 is 24.0 Å². The fraction of sp³-hybridized carbons (Fsp3) is 0.167. The van der Waals surface area contributed by atoms with E-state index in [2.05, 4.69) is 0 Å². The van der Waals surface area contributed by atoms with Crippen LogP contribution in [0.3, 0.4) is 0 Å². The Bertz CT molecular complexity index is 820. The number of benzene rings is 1. The Balaban J connectivity index is 1.73. The van der Waals surface area contributed by atoms with Gasteiger partial charge in [0.15, 0.2) is 0 Å². The molecule has 1 aromatic carbocycles. The number of cyclic esters (lactones) is 2. The standard InChI is InChI=1S/C18H14O7/c1-18(2)24-15(19)13(16(20)25-18)10-11-5-7-12(8-6-11)23-17(21)14-4-3-9-22-14/h3-10H,1-2H3. The van der Waals surface area contributed by atoms with Crippen LogP contribution in [0.25, 0.3) is 6.08 Å². The monoisotopic (exact) mass is 342 g/mol. The van der Waals surface area contributed by atoms with Crippen molar-refractivity contribution in [3.05, 3.63) is 59.6 Å². The molecule has 1 fully saturated rings. The van der Waals surface area contributed by atoms with Gasteiger partial charge in [-0.3, -0.25) is 0 Å². The molecule has 0 amide bonds. The van der Waals surface area contributed by atoms with E-state index < -0.39 is 23.7 Å². The van der Waals surface area contributed by atoms with Crippen molar-refractivity contribution in [2.24, 2.45) is 0 Å². The molecule has 0 bridgehead atoms. The van der Waals surface area contributed by atoms with Crippen molar-refractivity contribution in [2.45, 2.75) is 19.6 Å². The van der Waals surface area contributed by atoms with Gasteiger partial charge in [-0.2, -0.15) is 0 Å². The van der Waals surface area contributed by atoms with Crippen LogP contribution >= 0.6 is 0 Å². The summed E-state index contributed by atoms with van der Waals surface area (Å²) in [6, 6.07) is 9.28. The van der Waals surface area contributed by atoms with Crippen LogP contribution in [0.5, 0.6) is 5.75 Å². The maximum atomic E-state index is 11.9. The zero-order chi connectivity index (χ0) is 18.0. The van der Waals surface area contributed by atoms with Crippen LogP contribution in [0.2, 0.25) is 0 Å². The Kier molecular flexibility index (Phi) is 4.14. The molecule has 0 atom stereocenters. The van der Waals surface area contributed by atoms with E-state index >= 15 is 0 Å². The molecule has 0 unspecified atom stereocenters. The van der Waals surface area contributed by atoms with Gasteiger partial charge in [-0.15, -0.1) is 0 Å². The number of carbonyl (C=O) groups excluding carboxylic acids is 3. The summed E-state index contributed by atoms with van der Waals surface area (Å²) in [7, 11) is 0. The van der Waals surface area contributed by atoms with Crippen LogP contribution in [0.15, 0.2) is 52.7 Å². The summed E-state index contributed by atoms with van der Waals surface area (Å²) in [5.41, 5.74) is 0.334. The van der Waals surface area contributed by atoms with E-state index in [0.717, 1.165) is 0 Å². The first kappa shape index (κ1) is 16.5. The largest absolute Gasteiger partial charge is 0.457 e. The quantitative estimate of drug-likeness (QED) is 0.366. The second-order valence-corrected chi connectivity index (χ2v) is 5.67. The minimum absolute atomic E-state index is 0.0847. The molecule has 1 saturated heterocycles. The van der Waals surface area contributed by atoms with Gasteiger partial charge in [0.1, 0.15) is 11.3 Å². The predicted octanol–water partition coefficient (Wildman–Crippen LogP) is 2.72. The summed E-state index contributed by atoms with van der Waals surface area (Å²) < 4.78 is 20.1. The minimum Gasteiger partial charge on any atom is -0.457 e. The van der Waals surface area contributed by atoms with Gasteiger partial charge >= 0.3 is 17.9 Å². The number of hydrogen-bond acceptors (Lipinski definition) is 7. The fourth-order valence-corrected chi connectivity index (χ4v) is 2.13. The maximum Gasteiger partial charge on any atom is 0.379 e. The van der Waals surface area contributed by atoms with Crippen molar-refractivity contribution < 1.29 is 33.0 Å². The molecule has 1 aliphatic rings. The van der Waals surface area contributed by atoms with Crippen LogP contribution in [-0.4, -0.2) is 23.7 Å². The molecule has 7 nitrogen and oxygen atoms in total. The average molecular weight is 342 g/mol. The maximum absolute atomic E-state index is 11.9. The lowest BCUT2D eigenvalue weighted by atomic mass is 10.1. The Labute approximate surface area is 142 Å². The zero-order valence-electron chi connectivity index (χ0n) is 13.5. The Morgan fingerprint density at radius 2 is 1.68 bits per heavy atom. The van der Waals surface area contributed by atoms with Gasteiger partial charge in [-0.05, 0) is 35.9 Å². The lowest BCUT2D eigenvalue weighted by Crippen LogP contribution is -2.41. The molecular weight excluding hydrogens is 328 g/mol. The summed E-state index contributed by atoms with van der Waals surface area (Å²) in [5, 5.41) is 0. The number of rotatable bonds is 3. The van der Waals surface area contributed by atoms with Crippen LogP contribution in [-0.2, 0) is 19.1 Å². The molecule has 1 aromatic heterocycles. The lowest BCUT2D eigenvalue weighted by molar-refractivity contribution is -0.222. The molecule has 7 heteroatoms. The first-order chi connectivity index (χ1) is 11.8. The summed E-state index contributed by atoms with van der Waals surface area (Å²) in [6.45, 7) is 2.95. The van der Waals surface area contributed by atoms with Crippen LogP contribution < -0.4 is 4.74 Å². The van der Waals surface area contributed by atoms with Gasteiger partial charge < -0.3 is 18.6 Å². The molecule has 0 N–H and O–H groups in total. The third-order valence-electron chi connectivity index (χ3n) is 3.24. The molecular formula is C18H14O7. The summed E-state index contributed by atoms with van der Waals surface area (Å²) in [5.74, 6) is -3.04. The van der Waals surface area contributed by atoms with Gasteiger partial charge in [0.25, 0.3) is 5.79 Å². The van der Waals surface area contributed by atoms with E-state index in [1.54, 1.807) is 18.2 Å². The first-order valence-electron chi connectivity index (χ1n) is 7.38. The zero-order valence-corrected chi connectivity index (χ0v) is 13.5. The van der Waals surface area contributed by atoms with E-state index in [0.29, 0.717) is 11.3 Å². The second-order valence-electron chi connectivity index (χ2n) is 5.67. The number of furan rings is 1. The molecule has 2 heterocycles. The van der Waals surface area contributed by atoms with Gasteiger partial charge in [0, 0.05) is 13.8 Å². The Morgan fingerprint density at radius 1 is 1.04 bits per heavy atom. The predicted molar refractivity (Wildman–Crippen MR) is 84.3 cm³/mol. The van der Waals surface area contributed by atoms with E-state index in [1.165, 1.54) is 44.4 Å². The van der Waals surface area contributed by atoms with Crippen molar-refractivity contribution in [1.29, 1.82) is 0 Å². The van der Waals surface area contributed by atoms with Gasteiger partial charge in [0.2, 0.25) is 5.76 Å². The van der Waals surface area contributed by atoms with E-state index in [-0.39, 0.29) is 11.3 Å². The van der Waals surface area contributed by atoms with E-state index in [1.807, 2.05) is 0 Å². The normalized spacial score (nSPS) is 16.0. The summed E-state index contributed by atoms with van der Waals surface area (Å²) in [6.07, 6.45) is 2.72. The van der Waals surface area contributed by atoms with Crippen molar-refractivity contribution in [2.75, 3.05) is 0 Å². The van der Waals surface area contributed by atoms with Crippen molar-refractivity contribution in [3.8, 4) is 5.75 Å². The topological polar surface area (TPSA) is 92.0 Å². The van der Waals surface area contributed by atoms with Crippen molar-refractivity contribution in [3.63, 3.8) is 0 Å². The molecule has 3 rings (SSSR count). The molecule has 2 aromatic rings. The van der Waals surface area contributed by atoms with Gasteiger partial charge in [-0.25, -0.2) is 14.4 Å². The fourth-order valence-electron chi connectivity index (χ4n) is 2.13. The Morgan fingerprint density at radius 3 is 2.24 bits per heavy atom. The van der Waals surface area contributed by atoms with Gasteiger partial charge in [-0.1, -0.05) is 12.1 Å². The van der Waals surface area contributed by atoms with Crippen molar-refractivity contribution in [1.82, 2.24) is 0 Å². The second kappa shape index (κ2) is 6.27. The van der Waals surface area contributed by atoms with Crippen LogP contribution in [0.1, 0.15) is 30.0 Å². The third kappa shape index (κ3) is 3.77. The summed E-state index contributed by atoms with van der Waals surface area (Å²) >= 11 is 0. The first-order valence-corrected chi connectivity index (χ1v) is 7.38. The number of esters is 3. The highest BCUT2D eigenvalue weighted by Crippen LogP contribution is 2.24. The summed E-state index contributed by atoms with van der Waals surface area (Å²) in [4.78, 5) is 35.6. The average Bonchev–Trinajstić information content (AvgIpc) is 3.06. The SMILES string of the molecule is CC1(C)OC(=O)C(=Cc2ccc(OC(=O)c3ccco3)cc2)C(=O)O1. The molecule has 0 radical (unpaired) electrons. The number of ether oxygens (including phenoxy) is 3. The van der Waals surface area contributed by atoms with E-state index in [9.17, 15) is 14.4 Å². The highest BCUT2D eigenvalue weighted by atomic mass is 16.7. The number of hydrogen-bond donors (Lipinski definition) is 0. The molecule has 25 heavy (non-hydrogen) atoms. The number of carbonyl (C=O) groups is 3. The Hall–Kier alpha value is -3.35. The minimum atomic E-state index is -1.28.